The third kappa shape index (κ3) is 8.55. The molecular weight excluding hydrogens is 711 g/mol. The zero-order chi connectivity index (χ0) is 37.9. The number of fused-ring (bicyclic) bond motifs is 1. The zero-order valence-electron chi connectivity index (χ0n) is 28.7. The summed E-state index contributed by atoms with van der Waals surface area (Å²) in [7, 11) is 5.28. The van der Waals surface area contributed by atoms with Gasteiger partial charge in [-0.1, -0.05) is 29.6 Å². The highest BCUT2D eigenvalue weighted by Crippen LogP contribution is 2.53. The van der Waals surface area contributed by atoms with Crippen LogP contribution in [0.2, 0.25) is 0 Å². The molecule has 0 aromatic carbocycles. The van der Waals surface area contributed by atoms with Crippen LogP contribution in [0.15, 0.2) is 23.2 Å². The molecule has 4 rings (SSSR count). The van der Waals surface area contributed by atoms with E-state index in [0.717, 1.165) is 21.7 Å². The van der Waals surface area contributed by atoms with Crippen molar-refractivity contribution in [3.05, 3.63) is 28.7 Å². The number of nitrogens with zero attached hydrogens (tertiary/aromatic N) is 5. The Kier molecular flexibility index (Phi) is 11.6. The van der Waals surface area contributed by atoms with Crippen molar-refractivity contribution in [3.8, 4) is 0 Å². The number of oxime groups is 1. The maximum absolute atomic E-state index is 13.7. The fourth-order valence-corrected chi connectivity index (χ4v) is 7.38. The Bertz CT molecular complexity index is 1650. The second kappa shape index (κ2) is 15.2. The first-order valence-corrected chi connectivity index (χ1v) is 17.1. The third-order valence-corrected chi connectivity index (χ3v) is 9.96. The molecule has 51 heavy (non-hydrogen) atoms. The number of thioether (sulfide) groups is 1. The highest BCUT2D eigenvalue weighted by Gasteiger charge is 2.66. The van der Waals surface area contributed by atoms with Gasteiger partial charge in [-0.25, -0.2) is 45.4 Å². The lowest BCUT2D eigenvalue weighted by Crippen LogP contribution is -2.60. The smallest absolute Gasteiger partial charge is 0.426 e. The van der Waals surface area contributed by atoms with Gasteiger partial charge in [0.1, 0.15) is 17.9 Å². The molecule has 19 nitrogen and oxygen atoms in total. The molecule has 3 N–H and O–H groups in total. The van der Waals surface area contributed by atoms with Crippen LogP contribution in [0.25, 0.3) is 0 Å². The molecule has 3 aliphatic rings. The minimum absolute atomic E-state index is 0.0968. The molecule has 22 heteroatoms. The number of rotatable bonds is 12. The molecule has 0 aliphatic carbocycles. The molecule has 1 aromatic rings. The van der Waals surface area contributed by atoms with Gasteiger partial charge >= 0.3 is 38.1 Å². The van der Waals surface area contributed by atoms with E-state index in [0.29, 0.717) is 5.01 Å². The molecule has 2 radical (unpaired) electrons. The number of carbonyl (C=O) groups is 7. The Morgan fingerprint density at radius 3 is 2.47 bits per heavy atom. The van der Waals surface area contributed by atoms with Crippen LogP contribution < -0.4 is 16.3 Å². The quantitative estimate of drug-likeness (QED) is 0.0675. The van der Waals surface area contributed by atoms with Gasteiger partial charge in [-0.05, 0) is 41.5 Å². The first-order chi connectivity index (χ1) is 23.8. The van der Waals surface area contributed by atoms with E-state index in [1.807, 2.05) is 10.9 Å². The van der Waals surface area contributed by atoms with Crippen molar-refractivity contribution in [2.75, 3.05) is 26.2 Å². The van der Waals surface area contributed by atoms with Gasteiger partial charge in [0.05, 0.1) is 29.4 Å². The number of hydrogen-bond acceptors (Lipinski definition) is 15. The van der Waals surface area contributed by atoms with Crippen molar-refractivity contribution >= 4 is 78.6 Å². The van der Waals surface area contributed by atoms with E-state index in [1.165, 1.54) is 36.2 Å². The van der Waals surface area contributed by atoms with Crippen molar-refractivity contribution in [2.24, 2.45) is 11.1 Å². The lowest BCUT2D eigenvalue weighted by Gasteiger charge is -2.40. The predicted octanol–water partition coefficient (Wildman–Crippen LogP) is 0.885. The summed E-state index contributed by atoms with van der Waals surface area (Å²) in [6, 6.07) is -1.84. The fraction of sp³-hybridized carbons (Fsp3) is 0.552. The molecule has 6 amide bonds. The van der Waals surface area contributed by atoms with Gasteiger partial charge in [-0.2, -0.15) is 0 Å². The van der Waals surface area contributed by atoms with Gasteiger partial charge in [-0.3, -0.25) is 19.3 Å². The highest BCUT2D eigenvalue weighted by molar-refractivity contribution is 8.02. The van der Waals surface area contributed by atoms with Crippen LogP contribution in [0.4, 0.5) is 14.4 Å². The maximum atomic E-state index is 13.7. The topological polar surface area (TPSA) is 227 Å². The molecule has 1 unspecified atom stereocenters. The number of hydrazine groups is 2. The second-order valence-electron chi connectivity index (χ2n) is 12.9. The molecular formula is C29H37BN8O11S2. The highest BCUT2D eigenvalue weighted by atomic mass is 32.2. The fourth-order valence-electron chi connectivity index (χ4n) is 5.04. The van der Waals surface area contributed by atoms with Crippen LogP contribution in [-0.2, 0) is 38.1 Å². The van der Waals surface area contributed by atoms with Gasteiger partial charge in [0, 0.05) is 18.3 Å². The average Bonchev–Trinajstić information content (AvgIpc) is 3.76. The number of hydrogen-bond donors (Lipinski definition) is 3. The first-order valence-electron chi connectivity index (χ1n) is 15.4. The van der Waals surface area contributed by atoms with E-state index < -0.39 is 69.1 Å². The van der Waals surface area contributed by atoms with E-state index >= 15 is 0 Å². The van der Waals surface area contributed by atoms with Gasteiger partial charge in [0.2, 0.25) is 16.4 Å². The average molecular weight is 749 g/mol. The van der Waals surface area contributed by atoms with Gasteiger partial charge in [-0.15, -0.1) is 11.3 Å². The van der Waals surface area contributed by atoms with E-state index in [4.69, 9.17) is 17.6 Å². The van der Waals surface area contributed by atoms with Crippen LogP contribution in [0, 0.1) is 12.8 Å². The molecule has 0 bridgehead atoms. The molecule has 3 atom stereocenters. The van der Waals surface area contributed by atoms with Gasteiger partial charge in [0.15, 0.2) is 11.5 Å². The summed E-state index contributed by atoms with van der Waals surface area (Å²) in [4.78, 5) is 101. The Balaban J connectivity index is 1.48. The Hall–Kier alpha value is -4.86. The number of esters is 1. The number of ether oxygens (including phenoxy) is 2. The summed E-state index contributed by atoms with van der Waals surface area (Å²) in [6.07, 6.45) is -0.0414. The number of thiazole rings is 1. The number of nitrogens with one attached hydrogen (secondary N) is 3. The van der Waals surface area contributed by atoms with Crippen molar-refractivity contribution in [1.82, 2.24) is 36.1 Å². The molecule has 0 saturated carbocycles. The summed E-state index contributed by atoms with van der Waals surface area (Å²) >= 11 is 2.15. The van der Waals surface area contributed by atoms with Gasteiger partial charge < -0.3 is 23.9 Å². The lowest BCUT2D eigenvalue weighted by atomic mass is 9.90. The summed E-state index contributed by atoms with van der Waals surface area (Å²) in [5, 5.41) is 6.35. The third-order valence-electron chi connectivity index (χ3n) is 7.46. The lowest BCUT2D eigenvalue weighted by molar-refractivity contribution is -0.179. The zero-order valence-corrected chi connectivity index (χ0v) is 30.3. The molecule has 3 aliphatic heterocycles. The number of amides is 6. The molecule has 1 aromatic heterocycles. The normalized spacial score (nSPS) is 21.7. The van der Waals surface area contributed by atoms with Crippen LogP contribution in [0.5, 0.6) is 0 Å². The van der Waals surface area contributed by atoms with Crippen LogP contribution in [0.3, 0.4) is 0 Å². The van der Waals surface area contributed by atoms with Crippen LogP contribution in [0.1, 0.15) is 51.7 Å². The van der Waals surface area contributed by atoms with E-state index in [9.17, 15) is 33.6 Å². The number of carbonyl (C=O) groups excluding carboxylic acids is 7. The Labute approximate surface area is 302 Å². The predicted molar refractivity (Wildman–Crippen MR) is 180 cm³/mol. The number of ketones is 1. The molecule has 4 heterocycles. The maximum Gasteiger partial charge on any atom is 0.426 e. The number of urea groups is 2. The van der Waals surface area contributed by atoms with E-state index in [-0.39, 0.29) is 44.1 Å². The van der Waals surface area contributed by atoms with Crippen molar-refractivity contribution in [1.29, 1.82) is 0 Å². The number of aromatic nitrogens is 1. The van der Waals surface area contributed by atoms with E-state index in [2.05, 4.69) is 31.5 Å². The largest absolute Gasteiger partial charge is 0.541 e. The van der Waals surface area contributed by atoms with Crippen molar-refractivity contribution < 1.29 is 52.5 Å². The van der Waals surface area contributed by atoms with Crippen LogP contribution in [-0.4, -0.2) is 123 Å². The van der Waals surface area contributed by atoms with E-state index in [1.54, 1.807) is 33.1 Å². The minimum Gasteiger partial charge on any atom is -0.541 e. The SMILES string of the molecule is [B]OC(=O)[C@@]1(N2CCN(NC(=O)NNC(=O)OCC=C)C2=O)CN2C(=O)C(CC(=O)/C(=N\OC(C)(C)C(=O)OC(C)(C)C)c3csc(C)n3)[C@H]2S1. The van der Waals surface area contributed by atoms with Crippen molar-refractivity contribution in [3.63, 3.8) is 0 Å². The van der Waals surface area contributed by atoms with Gasteiger partial charge in [0.25, 0.3) is 0 Å². The monoisotopic (exact) mass is 748 g/mol. The summed E-state index contributed by atoms with van der Waals surface area (Å²) < 4.78 is 14.6. The second-order valence-corrected chi connectivity index (χ2v) is 15.3. The van der Waals surface area contributed by atoms with Crippen molar-refractivity contribution in [2.45, 2.75) is 69.4 Å². The molecule has 3 fully saturated rings. The Morgan fingerprint density at radius 1 is 1.16 bits per heavy atom. The first kappa shape index (κ1) is 38.9. The molecule has 0 spiro atoms. The standard InChI is InChI=1S/C29H37BN8O11S2/c1-8-11-46-25(44)33-32-24(43)34-38-10-9-37(26(38)45)29(23(42)48-30)14-36-20(40)16(21(36)51-29)12-18(39)19(17-13-50-15(2)31-17)35-49-28(6,7)22(41)47-27(3,4)5/h8,13,16,21H,1,9-12,14H2,2-7H3,(H,33,44)(H2,32,34,43)/b35-19-/t16?,21-,29-/m1/s1. The summed E-state index contributed by atoms with van der Waals surface area (Å²) in [5.74, 6) is -3.82. The minimum atomic E-state index is -1.83. The summed E-state index contributed by atoms with van der Waals surface area (Å²) in [5.41, 5.74) is 3.77. The molecule has 3 saturated heterocycles. The van der Waals surface area contributed by atoms with Crippen LogP contribution >= 0.6 is 23.1 Å². The molecule has 274 valence electrons. The number of aryl methyl sites for hydroxylation is 1. The summed E-state index contributed by atoms with van der Waals surface area (Å²) in [6.45, 7) is 12.4. The number of Topliss-reactive ketones (excluding diaryl/α,β-unsaturated/α-hetero) is 1. The Morgan fingerprint density at radius 2 is 1.86 bits per heavy atom. The number of β-lactam (4-membered cyclic amide) rings is 1.